The number of hydrogen-bond donors (Lipinski definition) is 1. The highest BCUT2D eigenvalue weighted by atomic mass is 19.1. The highest BCUT2D eigenvalue weighted by molar-refractivity contribution is 5.92. The van der Waals surface area contributed by atoms with Crippen molar-refractivity contribution in [3.05, 3.63) is 48.3 Å². The van der Waals surface area contributed by atoms with Gasteiger partial charge in [-0.3, -0.25) is 4.79 Å². The summed E-state index contributed by atoms with van der Waals surface area (Å²) in [4.78, 5) is 12.1. The van der Waals surface area contributed by atoms with E-state index >= 15 is 0 Å². The molecule has 0 spiro atoms. The Morgan fingerprint density at radius 3 is 2.48 bits per heavy atom. The molecule has 1 N–H and O–H groups in total. The summed E-state index contributed by atoms with van der Waals surface area (Å²) in [6.07, 6.45) is 0.0821. The zero-order valence-electron chi connectivity index (χ0n) is 14.4. The molecule has 0 aliphatic heterocycles. The number of amides is 1. The van der Waals surface area contributed by atoms with Crippen LogP contribution in [-0.2, 0) is 4.79 Å². The third-order valence-electron chi connectivity index (χ3n) is 3.26. The fraction of sp³-hybridized carbons (Fsp3) is 0.316. The van der Waals surface area contributed by atoms with Gasteiger partial charge in [-0.05, 0) is 38.1 Å². The molecule has 0 unspecified atom stereocenters. The average Bonchev–Trinajstić information content (AvgIpc) is 2.59. The molecule has 0 bridgehead atoms. The van der Waals surface area contributed by atoms with Gasteiger partial charge < -0.3 is 19.5 Å². The van der Waals surface area contributed by atoms with Gasteiger partial charge in [-0.1, -0.05) is 12.1 Å². The molecule has 0 saturated carbocycles. The highest BCUT2D eigenvalue weighted by Gasteiger charge is 2.10. The lowest BCUT2D eigenvalue weighted by Gasteiger charge is -2.14. The normalized spacial score (nSPS) is 10.2. The van der Waals surface area contributed by atoms with Crippen LogP contribution in [0.15, 0.2) is 42.5 Å². The molecule has 0 saturated heterocycles. The molecular weight excluding hydrogens is 325 g/mol. The second-order valence-corrected chi connectivity index (χ2v) is 5.10. The van der Waals surface area contributed by atoms with Gasteiger partial charge in [0.1, 0.15) is 11.5 Å². The van der Waals surface area contributed by atoms with Crippen LogP contribution in [0.1, 0.15) is 20.3 Å². The van der Waals surface area contributed by atoms with Crippen LogP contribution >= 0.6 is 0 Å². The summed E-state index contributed by atoms with van der Waals surface area (Å²) >= 11 is 0. The quantitative estimate of drug-likeness (QED) is 0.744. The minimum Gasteiger partial charge on any atom is -0.494 e. The minimum absolute atomic E-state index is 0.0713. The third kappa shape index (κ3) is 5.67. The van der Waals surface area contributed by atoms with Crippen molar-refractivity contribution in [2.75, 3.05) is 25.1 Å². The monoisotopic (exact) mass is 347 g/mol. The molecule has 2 aromatic rings. The van der Waals surface area contributed by atoms with Crippen LogP contribution in [0.25, 0.3) is 0 Å². The molecule has 0 aromatic heterocycles. The summed E-state index contributed by atoms with van der Waals surface area (Å²) in [5, 5.41) is 2.78. The molecule has 6 heteroatoms. The number of nitrogens with one attached hydrogen (secondary N) is 1. The maximum Gasteiger partial charge on any atom is 0.227 e. The van der Waals surface area contributed by atoms with Crippen LogP contribution in [0, 0.1) is 5.82 Å². The minimum atomic E-state index is -0.453. The molecule has 1 amide bonds. The summed E-state index contributed by atoms with van der Waals surface area (Å²) in [6.45, 7) is 4.83. The van der Waals surface area contributed by atoms with Gasteiger partial charge in [-0.15, -0.1) is 0 Å². The lowest BCUT2D eigenvalue weighted by molar-refractivity contribution is -0.116. The van der Waals surface area contributed by atoms with Gasteiger partial charge in [0.15, 0.2) is 11.6 Å². The van der Waals surface area contributed by atoms with Crippen LogP contribution < -0.4 is 19.5 Å². The Bertz CT molecular complexity index is 706. The van der Waals surface area contributed by atoms with Gasteiger partial charge in [0.05, 0.1) is 31.9 Å². The maximum atomic E-state index is 13.5. The van der Waals surface area contributed by atoms with E-state index in [0.717, 1.165) is 0 Å². The Balaban J connectivity index is 1.94. The number of hydrogen-bond acceptors (Lipinski definition) is 4. The number of benzene rings is 2. The first-order valence-corrected chi connectivity index (χ1v) is 8.20. The molecule has 2 aromatic carbocycles. The number of anilines is 1. The Morgan fingerprint density at radius 2 is 1.76 bits per heavy atom. The average molecular weight is 347 g/mol. The van der Waals surface area contributed by atoms with Crippen molar-refractivity contribution in [1.29, 1.82) is 0 Å². The van der Waals surface area contributed by atoms with Crippen LogP contribution in [-0.4, -0.2) is 25.7 Å². The number of rotatable bonds is 9. The van der Waals surface area contributed by atoms with Gasteiger partial charge in [0.25, 0.3) is 0 Å². The van der Waals surface area contributed by atoms with E-state index in [1.54, 1.807) is 30.3 Å². The van der Waals surface area contributed by atoms with E-state index in [1.165, 1.54) is 12.1 Å². The Morgan fingerprint density at radius 1 is 1.00 bits per heavy atom. The number of halogens is 1. The van der Waals surface area contributed by atoms with E-state index in [0.29, 0.717) is 30.4 Å². The van der Waals surface area contributed by atoms with Gasteiger partial charge in [0, 0.05) is 6.07 Å². The third-order valence-corrected chi connectivity index (χ3v) is 3.26. The van der Waals surface area contributed by atoms with E-state index < -0.39 is 5.82 Å². The molecule has 0 aliphatic rings. The molecule has 5 nitrogen and oxygen atoms in total. The standard InChI is InChI=1S/C19H22FNO4/c1-3-23-14-9-10-18(24-4-2)16(13-14)21-19(22)11-12-25-17-8-6-5-7-15(17)20/h5-10,13H,3-4,11-12H2,1-2H3,(H,21,22). The van der Waals surface area contributed by atoms with E-state index in [1.807, 2.05) is 13.8 Å². The van der Waals surface area contributed by atoms with Crippen LogP contribution in [0.4, 0.5) is 10.1 Å². The van der Waals surface area contributed by atoms with Crippen LogP contribution in [0.2, 0.25) is 0 Å². The fourth-order valence-electron chi connectivity index (χ4n) is 2.17. The lowest BCUT2D eigenvalue weighted by Crippen LogP contribution is -2.16. The van der Waals surface area contributed by atoms with Crippen molar-refractivity contribution in [2.24, 2.45) is 0 Å². The number of ether oxygens (including phenoxy) is 3. The zero-order valence-corrected chi connectivity index (χ0v) is 14.4. The first-order valence-electron chi connectivity index (χ1n) is 8.20. The van der Waals surface area contributed by atoms with Gasteiger partial charge in [-0.25, -0.2) is 4.39 Å². The molecule has 0 atom stereocenters. The van der Waals surface area contributed by atoms with E-state index in [-0.39, 0.29) is 24.7 Å². The largest absolute Gasteiger partial charge is 0.494 e. The maximum absolute atomic E-state index is 13.5. The van der Waals surface area contributed by atoms with E-state index in [2.05, 4.69) is 5.32 Å². The second kappa shape index (κ2) is 9.52. The number of para-hydroxylation sites is 1. The molecule has 0 radical (unpaired) electrons. The van der Waals surface area contributed by atoms with Crippen molar-refractivity contribution in [2.45, 2.75) is 20.3 Å². The van der Waals surface area contributed by atoms with Crippen molar-refractivity contribution in [3.63, 3.8) is 0 Å². The van der Waals surface area contributed by atoms with E-state index in [4.69, 9.17) is 14.2 Å². The van der Waals surface area contributed by atoms with Crippen molar-refractivity contribution < 1.29 is 23.4 Å². The van der Waals surface area contributed by atoms with Crippen molar-refractivity contribution >= 4 is 11.6 Å². The first-order chi connectivity index (χ1) is 12.1. The molecule has 0 fully saturated rings. The second-order valence-electron chi connectivity index (χ2n) is 5.10. The number of carbonyl (C=O) groups excluding carboxylic acids is 1. The summed E-state index contributed by atoms with van der Waals surface area (Å²) in [5.74, 6) is 0.624. The van der Waals surface area contributed by atoms with Crippen molar-refractivity contribution in [1.82, 2.24) is 0 Å². The zero-order chi connectivity index (χ0) is 18.1. The molecule has 0 aliphatic carbocycles. The van der Waals surface area contributed by atoms with Crippen LogP contribution in [0.5, 0.6) is 17.2 Å². The lowest BCUT2D eigenvalue weighted by atomic mass is 10.2. The van der Waals surface area contributed by atoms with Gasteiger partial charge >= 0.3 is 0 Å². The summed E-state index contributed by atoms with van der Waals surface area (Å²) < 4.78 is 29.7. The molecule has 25 heavy (non-hydrogen) atoms. The topological polar surface area (TPSA) is 56.8 Å². The summed E-state index contributed by atoms with van der Waals surface area (Å²) in [7, 11) is 0. The van der Waals surface area contributed by atoms with E-state index in [9.17, 15) is 9.18 Å². The van der Waals surface area contributed by atoms with Crippen molar-refractivity contribution in [3.8, 4) is 17.2 Å². The first kappa shape index (κ1) is 18.6. The summed E-state index contributed by atoms with van der Waals surface area (Å²) in [6, 6.07) is 11.3. The molecular formula is C19H22FNO4. The predicted molar refractivity (Wildman–Crippen MR) is 93.9 cm³/mol. The predicted octanol–water partition coefficient (Wildman–Crippen LogP) is 4.03. The highest BCUT2D eigenvalue weighted by Crippen LogP contribution is 2.29. The Kier molecular flexibility index (Phi) is 7.07. The number of carbonyl (C=O) groups is 1. The molecule has 134 valence electrons. The summed E-state index contributed by atoms with van der Waals surface area (Å²) in [5.41, 5.74) is 0.531. The van der Waals surface area contributed by atoms with Gasteiger partial charge in [-0.2, -0.15) is 0 Å². The Labute approximate surface area is 146 Å². The van der Waals surface area contributed by atoms with Gasteiger partial charge in [0.2, 0.25) is 5.91 Å². The van der Waals surface area contributed by atoms with Crippen LogP contribution in [0.3, 0.4) is 0 Å². The smallest absolute Gasteiger partial charge is 0.227 e. The molecule has 2 rings (SSSR count). The fourth-order valence-corrected chi connectivity index (χ4v) is 2.17. The molecule has 0 heterocycles. The Hall–Kier alpha value is -2.76. The SMILES string of the molecule is CCOc1ccc(OCC)c(NC(=O)CCOc2ccccc2F)c1.